The summed E-state index contributed by atoms with van der Waals surface area (Å²) in [4.78, 5) is 4.54. The van der Waals surface area contributed by atoms with E-state index in [1.807, 2.05) is 36.4 Å². The van der Waals surface area contributed by atoms with Gasteiger partial charge in [-0.2, -0.15) is 0 Å². The van der Waals surface area contributed by atoms with Gasteiger partial charge in [0.25, 0.3) is 0 Å². The molecule has 2 heterocycles. The summed E-state index contributed by atoms with van der Waals surface area (Å²) < 4.78 is 13.6. The topological polar surface area (TPSA) is 32.8 Å². The van der Waals surface area contributed by atoms with Crippen molar-refractivity contribution in [3.8, 4) is 0 Å². The number of halogens is 1. The van der Waals surface area contributed by atoms with Crippen molar-refractivity contribution in [1.82, 2.24) is 0 Å². The number of hydrogen-bond donors (Lipinski definition) is 0. The van der Waals surface area contributed by atoms with Crippen LogP contribution in [0.25, 0.3) is 43.9 Å². The molecule has 9 aromatic rings. The SMILES string of the molecule is Brc1cc(N(c2ccccc2)c2ccc3c(c2)oc2ccccc23)cc(N(c2ccccc2)c2ccc3c(c2)oc2ccccc23)c1. The number of hydrogen-bond acceptors (Lipinski definition) is 4. The van der Waals surface area contributed by atoms with Crippen LogP contribution >= 0.6 is 15.9 Å². The Morgan fingerprint density at radius 1 is 0.319 bits per heavy atom. The van der Waals surface area contributed by atoms with Gasteiger partial charge in [0.15, 0.2) is 0 Å². The highest BCUT2D eigenvalue weighted by atomic mass is 79.9. The van der Waals surface area contributed by atoms with Crippen LogP contribution in [-0.2, 0) is 0 Å². The lowest BCUT2D eigenvalue weighted by molar-refractivity contribution is 0.668. The maximum atomic E-state index is 6.32. The third-order valence-electron chi connectivity index (χ3n) is 8.65. The smallest absolute Gasteiger partial charge is 0.137 e. The Balaban J connectivity index is 1.23. The van der Waals surface area contributed by atoms with Crippen molar-refractivity contribution in [2.45, 2.75) is 0 Å². The van der Waals surface area contributed by atoms with E-state index in [0.717, 1.165) is 82.5 Å². The highest BCUT2D eigenvalue weighted by molar-refractivity contribution is 9.10. The Labute approximate surface area is 279 Å². The van der Waals surface area contributed by atoms with Crippen molar-refractivity contribution in [2.24, 2.45) is 0 Å². The number of rotatable bonds is 6. The molecule has 47 heavy (non-hydrogen) atoms. The molecule has 224 valence electrons. The van der Waals surface area contributed by atoms with Crippen LogP contribution < -0.4 is 9.80 Å². The van der Waals surface area contributed by atoms with Crippen LogP contribution in [-0.4, -0.2) is 0 Å². The van der Waals surface area contributed by atoms with Gasteiger partial charge < -0.3 is 18.6 Å². The Hall–Kier alpha value is -5.78. The maximum Gasteiger partial charge on any atom is 0.137 e. The van der Waals surface area contributed by atoms with Gasteiger partial charge in [0.05, 0.1) is 0 Å². The van der Waals surface area contributed by atoms with Gasteiger partial charge in [-0.25, -0.2) is 0 Å². The number of anilines is 6. The number of furan rings is 2. The second-order valence-corrected chi connectivity index (χ2v) is 12.5. The molecule has 0 unspecified atom stereocenters. The van der Waals surface area contributed by atoms with E-state index in [1.54, 1.807) is 0 Å². The van der Waals surface area contributed by atoms with Crippen LogP contribution in [0.15, 0.2) is 177 Å². The summed E-state index contributed by atoms with van der Waals surface area (Å²) in [7, 11) is 0. The van der Waals surface area contributed by atoms with E-state index in [2.05, 4.69) is 153 Å². The van der Waals surface area contributed by atoms with Crippen molar-refractivity contribution in [3.63, 3.8) is 0 Å². The molecule has 0 radical (unpaired) electrons. The molecular formula is C42H27BrN2O2. The lowest BCUT2D eigenvalue weighted by Gasteiger charge is -2.29. The molecule has 0 aliphatic carbocycles. The summed E-state index contributed by atoms with van der Waals surface area (Å²) in [5.74, 6) is 0. The third-order valence-corrected chi connectivity index (χ3v) is 9.11. The summed E-state index contributed by atoms with van der Waals surface area (Å²) >= 11 is 3.88. The van der Waals surface area contributed by atoms with Gasteiger partial charge in [-0.15, -0.1) is 0 Å². The maximum absolute atomic E-state index is 6.32. The monoisotopic (exact) mass is 670 g/mol. The van der Waals surface area contributed by atoms with Gasteiger partial charge in [0.2, 0.25) is 0 Å². The minimum absolute atomic E-state index is 0.852. The number of fused-ring (bicyclic) bond motifs is 6. The number of nitrogens with zero attached hydrogens (tertiary/aromatic N) is 2. The average molecular weight is 672 g/mol. The van der Waals surface area contributed by atoms with Gasteiger partial charge in [0, 0.05) is 72.3 Å². The Morgan fingerprint density at radius 3 is 1.19 bits per heavy atom. The van der Waals surface area contributed by atoms with Crippen LogP contribution in [0.3, 0.4) is 0 Å². The molecule has 0 saturated heterocycles. The molecule has 7 aromatic carbocycles. The average Bonchev–Trinajstić information content (AvgIpc) is 3.67. The van der Waals surface area contributed by atoms with Crippen molar-refractivity contribution in [1.29, 1.82) is 0 Å². The Bertz CT molecular complexity index is 2380. The molecule has 0 aliphatic rings. The van der Waals surface area contributed by atoms with Crippen LogP contribution in [0.1, 0.15) is 0 Å². The first-order chi connectivity index (χ1) is 23.2. The first-order valence-electron chi connectivity index (χ1n) is 15.5. The summed E-state index contributed by atoms with van der Waals surface area (Å²) in [6.45, 7) is 0. The van der Waals surface area contributed by atoms with Crippen LogP contribution in [0, 0.1) is 0 Å². The second kappa shape index (κ2) is 11.2. The predicted molar refractivity (Wildman–Crippen MR) is 198 cm³/mol. The van der Waals surface area contributed by atoms with Crippen LogP contribution in [0.5, 0.6) is 0 Å². The van der Waals surface area contributed by atoms with E-state index in [9.17, 15) is 0 Å². The Kier molecular flexibility index (Phi) is 6.58. The summed E-state index contributed by atoms with van der Waals surface area (Å²) in [5.41, 5.74) is 9.57. The fourth-order valence-corrected chi connectivity index (χ4v) is 7.04. The van der Waals surface area contributed by atoms with E-state index in [1.165, 1.54) is 0 Å². The van der Waals surface area contributed by atoms with Crippen molar-refractivity contribution < 1.29 is 8.83 Å². The molecule has 5 heteroatoms. The predicted octanol–water partition coefficient (Wildman–Crippen LogP) is 13.2. The number of para-hydroxylation sites is 4. The standard InChI is InChI=1S/C42H27BrN2O2/c43-28-23-33(44(29-11-3-1-4-12-29)31-19-21-37-35-15-7-9-17-39(35)46-41(37)26-31)25-34(24-28)45(30-13-5-2-6-14-30)32-20-22-38-36-16-8-10-18-40(36)47-42(38)27-32/h1-27H. The zero-order valence-corrected chi connectivity index (χ0v) is 26.8. The molecule has 0 N–H and O–H groups in total. The molecule has 0 saturated carbocycles. The molecule has 9 rings (SSSR count). The molecule has 0 spiro atoms. The molecule has 0 aliphatic heterocycles. The normalized spacial score (nSPS) is 11.5. The first-order valence-corrected chi connectivity index (χ1v) is 16.3. The van der Waals surface area contributed by atoms with Gasteiger partial charge in [0.1, 0.15) is 22.3 Å². The molecular weight excluding hydrogens is 644 g/mol. The highest BCUT2D eigenvalue weighted by Crippen LogP contribution is 2.44. The fraction of sp³-hybridized carbons (Fsp3) is 0. The van der Waals surface area contributed by atoms with E-state index in [0.29, 0.717) is 0 Å². The molecule has 4 nitrogen and oxygen atoms in total. The molecule has 0 bridgehead atoms. The van der Waals surface area contributed by atoms with E-state index >= 15 is 0 Å². The van der Waals surface area contributed by atoms with Crippen molar-refractivity contribution in [2.75, 3.05) is 9.80 Å². The van der Waals surface area contributed by atoms with Gasteiger partial charge in [-0.1, -0.05) is 88.7 Å². The zero-order valence-electron chi connectivity index (χ0n) is 25.2. The van der Waals surface area contributed by atoms with E-state index in [-0.39, 0.29) is 0 Å². The summed E-state index contributed by atoms with van der Waals surface area (Å²) in [5, 5.41) is 4.43. The molecule has 2 aromatic heterocycles. The van der Waals surface area contributed by atoms with Gasteiger partial charge in [-0.05, 0) is 78.9 Å². The quantitative estimate of drug-likeness (QED) is 0.176. The van der Waals surface area contributed by atoms with E-state index < -0.39 is 0 Å². The minimum atomic E-state index is 0.852. The molecule has 0 amide bonds. The van der Waals surface area contributed by atoms with Crippen LogP contribution in [0.2, 0.25) is 0 Å². The largest absolute Gasteiger partial charge is 0.456 e. The van der Waals surface area contributed by atoms with E-state index in [4.69, 9.17) is 8.83 Å². The lowest BCUT2D eigenvalue weighted by atomic mass is 10.1. The molecule has 0 atom stereocenters. The second-order valence-electron chi connectivity index (χ2n) is 11.6. The highest BCUT2D eigenvalue weighted by Gasteiger charge is 2.20. The third kappa shape index (κ3) is 4.84. The minimum Gasteiger partial charge on any atom is -0.456 e. The lowest BCUT2D eigenvalue weighted by Crippen LogP contribution is -2.13. The van der Waals surface area contributed by atoms with Gasteiger partial charge in [-0.3, -0.25) is 0 Å². The zero-order chi connectivity index (χ0) is 31.3. The first kappa shape index (κ1) is 27.5. The van der Waals surface area contributed by atoms with Gasteiger partial charge >= 0.3 is 0 Å². The Morgan fingerprint density at radius 2 is 0.723 bits per heavy atom. The van der Waals surface area contributed by atoms with Crippen LogP contribution in [0.4, 0.5) is 34.1 Å². The fourth-order valence-electron chi connectivity index (χ4n) is 6.57. The van der Waals surface area contributed by atoms with Crippen molar-refractivity contribution in [3.05, 3.63) is 168 Å². The number of benzene rings is 7. The molecule has 0 fully saturated rings. The summed E-state index contributed by atoms with van der Waals surface area (Å²) in [6, 6.07) is 56.7. The summed E-state index contributed by atoms with van der Waals surface area (Å²) in [6.07, 6.45) is 0. The van der Waals surface area contributed by atoms with Crippen molar-refractivity contribution >= 4 is 93.9 Å².